The van der Waals surface area contributed by atoms with Gasteiger partial charge in [0.25, 0.3) is 11.5 Å². The van der Waals surface area contributed by atoms with Crippen LogP contribution in [0.2, 0.25) is 0 Å². The minimum Gasteiger partial charge on any atom is -0.370 e. The van der Waals surface area contributed by atoms with Gasteiger partial charge in [-0.15, -0.1) is 0 Å². The summed E-state index contributed by atoms with van der Waals surface area (Å²) in [4.78, 5) is 35.5. The van der Waals surface area contributed by atoms with Gasteiger partial charge in [-0.2, -0.15) is 0 Å². The van der Waals surface area contributed by atoms with Crippen LogP contribution in [0.25, 0.3) is 16.6 Å². The third-order valence-electron chi connectivity index (χ3n) is 6.79. The lowest BCUT2D eigenvalue weighted by molar-refractivity contribution is 0.0951. The number of nitrogens with one attached hydrogen (secondary N) is 1. The van der Waals surface area contributed by atoms with E-state index >= 15 is 0 Å². The number of hydrogen-bond acceptors (Lipinski definition) is 5. The number of carbonyl (C=O) groups is 1. The zero-order valence-electron chi connectivity index (χ0n) is 19.4. The molecule has 1 aromatic heterocycles. The van der Waals surface area contributed by atoms with E-state index < -0.39 is 0 Å². The van der Waals surface area contributed by atoms with Gasteiger partial charge in [0.15, 0.2) is 0 Å². The first-order valence-corrected chi connectivity index (χ1v) is 11.9. The van der Waals surface area contributed by atoms with Crippen LogP contribution in [-0.2, 0) is 0 Å². The Labute approximate surface area is 194 Å². The highest BCUT2D eigenvalue weighted by Crippen LogP contribution is 2.23. The van der Waals surface area contributed by atoms with Crippen molar-refractivity contribution in [3.05, 3.63) is 64.2 Å². The Kier molecular flexibility index (Phi) is 5.89. The van der Waals surface area contributed by atoms with E-state index in [9.17, 15) is 9.59 Å². The third kappa shape index (κ3) is 4.50. The highest BCUT2D eigenvalue weighted by Gasteiger charge is 2.24. The number of fused-ring (bicyclic) bond motifs is 1. The molecule has 2 aromatic carbocycles. The molecule has 0 bridgehead atoms. The van der Waals surface area contributed by atoms with E-state index in [-0.39, 0.29) is 17.5 Å². The maximum absolute atomic E-state index is 13.5. The first kappa shape index (κ1) is 21.6. The van der Waals surface area contributed by atoms with Crippen molar-refractivity contribution in [2.45, 2.75) is 39.2 Å². The molecule has 2 fully saturated rings. The Hall–Kier alpha value is -3.19. The molecule has 1 amide bonds. The van der Waals surface area contributed by atoms with Crippen LogP contribution in [0.1, 0.15) is 42.1 Å². The zero-order valence-corrected chi connectivity index (χ0v) is 19.4. The monoisotopic (exact) mass is 445 g/mol. The Morgan fingerprint density at radius 2 is 1.94 bits per heavy atom. The molecule has 1 saturated heterocycles. The van der Waals surface area contributed by atoms with Crippen LogP contribution in [0.15, 0.2) is 47.5 Å². The number of rotatable bonds is 5. The smallest absolute Gasteiger partial charge is 0.265 e. The summed E-state index contributed by atoms with van der Waals surface area (Å²) in [5.41, 5.74) is 3.81. The van der Waals surface area contributed by atoms with Crippen LogP contribution in [-0.4, -0.2) is 59.1 Å². The summed E-state index contributed by atoms with van der Waals surface area (Å²) >= 11 is 0. The first-order chi connectivity index (χ1) is 16.0. The van der Waals surface area contributed by atoms with Gasteiger partial charge in [0.05, 0.1) is 16.6 Å². The Morgan fingerprint density at radius 3 is 2.73 bits per heavy atom. The lowest BCUT2D eigenvalue weighted by atomic mass is 10.1. The molecule has 5 rings (SSSR count). The zero-order chi connectivity index (χ0) is 22.9. The Bertz CT molecular complexity index is 1250. The average Bonchev–Trinajstić information content (AvgIpc) is 3.66. The van der Waals surface area contributed by atoms with Crippen molar-refractivity contribution >= 4 is 22.5 Å². The fraction of sp³-hybridized carbons (Fsp3) is 0.423. The third-order valence-corrected chi connectivity index (χ3v) is 6.79. The number of nitrogens with zero attached hydrogens (tertiary/aromatic N) is 4. The SMILES string of the molecule is CCN1CCCN(c2ccc3ncn(-c4cc(C(=O)NC5CC5)ccc4C)c(=O)c3c2)CC1. The van der Waals surface area contributed by atoms with E-state index in [4.69, 9.17) is 0 Å². The second-order valence-electron chi connectivity index (χ2n) is 9.15. The maximum atomic E-state index is 13.5. The number of carbonyl (C=O) groups excluding carboxylic acids is 1. The molecule has 3 aromatic rings. The standard InChI is InChI=1S/C26H31N5O2/c1-3-29-11-4-12-30(14-13-29)21-9-10-23-22(16-21)26(33)31(17-27-23)24-15-19(6-5-18(24)2)25(32)28-20-7-8-20/h5-6,9-10,15-17,20H,3-4,7-8,11-14H2,1-2H3,(H,28,32). The van der Waals surface area contributed by atoms with Gasteiger partial charge >= 0.3 is 0 Å². The molecule has 172 valence electrons. The van der Waals surface area contributed by atoms with Gasteiger partial charge in [0.2, 0.25) is 0 Å². The quantitative estimate of drug-likeness (QED) is 0.654. The van der Waals surface area contributed by atoms with Gasteiger partial charge in [-0.05, 0) is 75.2 Å². The van der Waals surface area contributed by atoms with Gasteiger partial charge in [-0.3, -0.25) is 14.2 Å². The lowest BCUT2D eigenvalue weighted by Gasteiger charge is -2.23. The summed E-state index contributed by atoms with van der Waals surface area (Å²) in [6.07, 6.45) is 4.75. The van der Waals surface area contributed by atoms with Gasteiger partial charge in [-0.1, -0.05) is 13.0 Å². The molecule has 0 atom stereocenters. The van der Waals surface area contributed by atoms with Crippen LogP contribution in [0.3, 0.4) is 0 Å². The summed E-state index contributed by atoms with van der Waals surface area (Å²) < 4.78 is 1.57. The van der Waals surface area contributed by atoms with E-state index in [1.54, 1.807) is 17.0 Å². The van der Waals surface area contributed by atoms with Crippen molar-refractivity contribution in [1.82, 2.24) is 19.8 Å². The molecule has 0 radical (unpaired) electrons. The lowest BCUT2D eigenvalue weighted by Crippen LogP contribution is -2.30. The van der Waals surface area contributed by atoms with Crippen molar-refractivity contribution in [3.8, 4) is 5.69 Å². The van der Waals surface area contributed by atoms with Crippen LogP contribution >= 0.6 is 0 Å². The summed E-state index contributed by atoms with van der Waals surface area (Å²) in [7, 11) is 0. The number of hydrogen-bond donors (Lipinski definition) is 1. The highest BCUT2D eigenvalue weighted by molar-refractivity contribution is 5.95. The number of amides is 1. The number of benzene rings is 2. The fourth-order valence-electron chi connectivity index (χ4n) is 4.53. The predicted molar refractivity (Wildman–Crippen MR) is 132 cm³/mol. The van der Waals surface area contributed by atoms with Crippen molar-refractivity contribution in [2.24, 2.45) is 0 Å². The first-order valence-electron chi connectivity index (χ1n) is 11.9. The Balaban J connectivity index is 1.50. The average molecular weight is 446 g/mol. The van der Waals surface area contributed by atoms with Gasteiger partial charge in [0.1, 0.15) is 6.33 Å². The molecule has 1 saturated carbocycles. The molecule has 2 heterocycles. The number of aryl methyl sites for hydroxylation is 1. The summed E-state index contributed by atoms with van der Waals surface area (Å²) in [5, 5.41) is 3.61. The molecular formula is C26H31N5O2. The minimum absolute atomic E-state index is 0.0925. The van der Waals surface area contributed by atoms with Gasteiger partial charge in [-0.25, -0.2) is 4.98 Å². The topological polar surface area (TPSA) is 70.5 Å². The van der Waals surface area contributed by atoms with Crippen LogP contribution in [0, 0.1) is 6.92 Å². The second-order valence-corrected chi connectivity index (χ2v) is 9.15. The molecule has 0 spiro atoms. The normalized spacial score (nSPS) is 17.2. The summed E-state index contributed by atoms with van der Waals surface area (Å²) in [5.74, 6) is -0.0925. The molecule has 1 aliphatic heterocycles. The van der Waals surface area contributed by atoms with E-state index in [1.165, 1.54) is 0 Å². The maximum Gasteiger partial charge on any atom is 0.265 e. The van der Waals surface area contributed by atoms with Crippen molar-refractivity contribution in [3.63, 3.8) is 0 Å². The molecule has 1 N–H and O–H groups in total. The molecule has 7 nitrogen and oxygen atoms in total. The fourth-order valence-corrected chi connectivity index (χ4v) is 4.53. The van der Waals surface area contributed by atoms with Crippen molar-refractivity contribution in [1.29, 1.82) is 0 Å². The molecule has 0 unspecified atom stereocenters. The molecular weight excluding hydrogens is 414 g/mol. The number of anilines is 1. The van der Waals surface area contributed by atoms with Crippen LogP contribution in [0.4, 0.5) is 5.69 Å². The van der Waals surface area contributed by atoms with Gasteiger partial charge < -0.3 is 15.1 Å². The van der Waals surface area contributed by atoms with Crippen molar-refractivity contribution < 1.29 is 4.79 Å². The summed E-state index contributed by atoms with van der Waals surface area (Å²) in [6, 6.07) is 11.8. The Morgan fingerprint density at radius 1 is 1.09 bits per heavy atom. The molecule has 2 aliphatic rings. The minimum atomic E-state index is -0.116. The summed E-state index contributed by atoms with van der Waals surface area (Å²) in [6.45, 7) is 9.28. The van der Waals surface area contributed by atoms with Crippen LogP contribution in [0.5, 0.6) is 0 Å². The van der Waals surface area contributed by atoms with E-state index in [2.05, 4.69) is 33.1 Å². The molecule has 33 heavy (non-hydrogen) atoms. The van der Waals surface area contributed by atoms with E-state index in [1.807, 2.05) is 31.2 Å². The predicted octanol–water partition coefficient (Wildman–Crippen LogP) is 3.12. The largest absolute Gasteiger partial charge is 0.370 e. The van der Waals surface area contributed by atoms with Crippen molar-refractivity contribution in [2.75, 3.05) is 37.6 Å². The number of aromatic nitrogens is 2. The van der Waals surface area contributed by atoms with Crippen LogP contribution < -0.4 is 15.8 Å². The molecule has 7 heteroatoms. The number of likely N-dealkylation sites (N-methyl/N-ethyl adjacent to an activating group) is 1. The van der Waals surface area contributed by atoms with E-state index in [0.29, 0.717) is 22.2 Å². The molecule has 1 aliphatic carbocycles. The second kappa shape index (κ2) is 8.98. The highest BCUT2D eigenvalue weighted by atomic mass is 16.1. The van der Waals surface area contributed by atoms with E-state index in [0.717, 1.165) is 63.2 Å². The van der Waals surface area contributed by atoms with Gasteiger partial charge in [0, 0.05) is 36.9 Å².